The fraction of sp³-hybridized carbons (Fsp3) is 0.467. The van der Waals surface area contributed by atoms with Crippen molar-refractivity contribution in [1.29, 1.82) is 0 Å². The van der Waals surface area contributed by atoms with Crippen LogP contribution in [0.15, 0.2) is 35.2 Å². The van der Waals surface area contributed by atoms with Gasteiger partial charge in [0, 0.05) is 16.6 Å². The van der Waals surface area contributed by atoms with Crippen LogP contribution in [-0.4, -0.2) is 23.6 Å². The van der Waals surface area contributed by atoms with Crippen LogP contribution in [0.3, 0.4) is 0 Å². The molecule has 0 unspecified atom stereocenters. The zero-order valence-electron chi connectivity index (χ0n) is 11.6. The average molecular weight is 280 g/mol. The number of benzene rings is 1. The summed E-state index contributed by atoms with van der Waals surface area (Å²) in [5, 5.41) is 0. The highest BCUT2D eigenvalue weighted by molar-refractivity contribution is 7.99. The van der Waals surface area contributed by atoms with Gasteiger partial charge in [-0.15, -0.1) is 11.8 Å². The molecule has 1 atom stereocenters. The molecular formula is C15H20O3S. The molecule has 1 aromatic rings. The Kier molecular flexibility index (Phi) is 6.09. The molecule has 0 aliphatic carbocycles. The van der Waals surface area contributed by atoms with E-state index in [1.54, 1.807) is 11.8 Å². The molecule has 1 rings (SSSR count). The summed E-state index contributed by atoms with van der Waals surface area (Å²) in [7, 11) is 0. The summed E-state index contributed by atoms with van der Waals surface area (Å²) in [5.74, 6) is -0.0365. The number of rotatable bonds is 6. The minimum Gasteiger partial charge on any atom is -0.460 e. The Morgan fingerprint density at radius 2 is 1.95 bits per heavy atom. The molecule has 0 amide bonds. The molecule has 0 aliphatic rings. The zero-order valence-corrected chi connectivity index (χ0v) is 12.4. The summed E-state index contributed by atoms with van der Waals surface area (Å²) in [4.78, 5) is 23.8. The summed E-state index contributed by atoms with van der Waals surface area (Å²) in [6.07, 6.45) is 0.973. The van der Waals surface area contributed by atoms with Crippen LogP contribution >= 0.6 is 11.8 Å². The van der Waals surface area contributed by atoms with Crippen molar-refractivity contribution >= 4 is 24.0 Å². The maximum absolute atomic E-state index is 11.6. The van der Waals surface area contributed by atoms with Gasteiger partial charge in [0.25, 0.3) is 0 Å². The molecule has 0 fully saturated rings. The van der Waals surface area contributed by atoms with Crippen LogP contribution in [0.4, 0.5) is 0 Å². The molecule has 0 saturated carbocycles. The molecule has 0 aliphatic heterocycles. The Morgan fingerprint density at radius 1 is 1.32 bits per heavy atom. The first-order valence-electron chi connectivity index (χ1n) is 6.25. The highest BCUT2D eigenvalue weighted by Crippen LogP contribution is 2.21. The van der Waals surface area contributed by atoms with Crippen molar-refractivity contribution in [2.45, 2.75) is 37.7 Å². The highest BCUT2D eigenvalue weighted by atomic mass is 32.2. The van der Waals surface area contributed by atoms with Gasteiger partial charge in [0.15, 0.2) is 0 Å². The molecule has 19 heavy (non-hydrogen) atoms. The molecule has 104 valence electrons. The molecule has 0 radical (unpaired) electrons. The van der Waals surface area contributed by atoms with Crippen molar-refractivity contribution in [3.05, 3.63) is 30.3 Å². The largest absolute Gasteiger partial charge is 0.460 e. The van der Waals surface area contributed by atoms with E-state index in [1.165, 1.54) is 0 Å². The number of hydrogen-bond donors (Lipinski definition) is 0. The van der Waals surface area contributed by atoms with E-state index in [9.17, 15) is 9.59 Å². The fourth-order valence-corrected chi connectivity index (χ4v) is 2.42. The predicted octanol–water partition coefficient (Wildman–Crippen LogP) is 3.33. The molecule has 0 saturated heterocycles. The summed E-state index contributed by atoms with van der Waals surface area (Å²) >= 11 is 1.57. The standard InChI is InChI=1S/C15H20O3S/c1-15(2,3)18-14(17)9-12(10-16)11-19-13-7-5-4-6-8-13/h4-8,10,12H,9,11H2,1-3H3/t12-/m1/s1. The lowest BCUT2D eigenvalue weighted by Crippen LogP contribution is -2.26. The molecule has 3 nitrogen and oxygen atoms in total. The minimum absolute atomic E-state index is 0.139. The van der Waals surface area contributed by atoms with E-state index in [0.29, 0.717) is 5.75 Å². The van der Waals surface area contributed by atoms with Gasteiger partial charge in [0.05, 0.1) is 6.42 Å². The topological polar surface area (TPSA) is 43.4 Å². The number of ether oxygens (including phenoxy) is 1. The maximum Gasteiger partial charge on any atom is 0.307 e. The molecule has 0 spiro atoms. The van der Waals surface area contributed by atoms with Crippen LogP contribution in [0.5, 0.6) is 0 Å². The third kappa shape index (κ3) is 7.01. The molecule has 0 heterocycles. The second-order valence-corrected chi connectivity index (χ2v) is 6.40. The number of carbonyl (C=O) groups is 2. The van der Waals surface area contributed by atoms with Crippen molar-refractivity contribution < 1.29 is 14.3 Å². The van der Waals surface area contributed by atoms with Crippen molar-refractivity contribution in [2.75, 3.05) is 5.75 Å². The van der Waals surface area contributed by atoms with E-state index in [0.717, 1.165) is 11.2 Å². The molecular weight excluding hydrogens is 260 g/mol. The summed E-state index contributed by atoms with van der Waals surface area (Å²) in [5.41, 5.74) is -0.503. The second kappa shape index (κ2) is 7.34. The van der Waals surface area contributed by atoms with Crippen molar-refractivity contribution in [1.82, 2.24) is 0 Å². The normalized spacial score (nSPS) is 12.8. The first kappa shape index (κ1) is 15.8. The van der Waals surface area contributed by atoms with E-state index in [-0.39, 0.29) is 18.3 Å². The number of aldehydes is 1. The van der Waals surface area contributed by atoms with Gasteiger partial charge in [0.1, 0.15) is 11.9 Å². The Balaban J connectivity index is 2.42. The van der Waals surface area contributed by atoms with E-state index < -0.39 is 5.60 Å². The third-order valence-electron chi connectivity index (χ3n) is 2.25. The first-order chi connectivity index (χ1) is 8.90. The number of thioether (sulfide) groups is 1. The molecule has 4 heteroatoms. The van der Waals surface area contributed by atoms with Gasteiger partial charge in [-0.25, -0.2) is 0 Å². The summed E-state index contributed by atoms with van der Waals surface area (Å²) < 4.78 is 5.21. The van der Waals surface area contributed by atoms with Gasteiger partial charge >= 0.3 is 5.97 Å². The van der Waals surface area contributed by atoms with Gasteiger partial charge < -0.3 is 9.53 Å². The summed E-state index contributed by atoms with van der Waals surface area (Å²) in [6.45, 7) is 5.46. The van der Waals surface area contributed by atoms with E-state index >= 15 is 0 Å². The van der Waals surface area contributed by atoms with Crippen LogP contribution in [0.25, 0.3) is 0 Å². The predicted molar refractivity (Wildman–Crippen MR) is 77.2 cm³/mol. The maximum atomic E-state index is 11.6. The Hall–Kier alpha value is -1.29. The van der Waals surface area contributed by atoms with Crippen LogP contribution in [0.2, 0.25) is 0 Å². The molecule has 0 N–H and O–H groups in total. The Labute approximate surface area is 118 Å². The Morgan fingerprint density at radius 3 is 2.47 bits per heavy atom. The second-order valence-electron chi connectivity index (χ2n) is 5.31. The van der Waals surface area contributed by atoms with Gasteiger partial charge in [-0.3, -0.25) is 4.79 Å². The summed E-state index contributed by atoms with van der Waals surface area (Å²) in [6, 6.07) is 9.82. The number of hydrogen-bond acceptors (Lipinski definition) is 4. The zero-order chi connectivity index (χ0) is 14.3. The van der Waals surface area contributed by atoms with Crippen LogP contribution in [-0.2, 0) is 14.3 Å². The molecule has 0 aromatic heterocycles. The first-order valence-corrected chi connectivity index (χ1v) is 7.24. The van der Waals surface area contributed by atoms with Crippen LogP contribution < -0.4 is 0 Å². The van der Waals surface area contributed by atoms with Crippen molar-refractivity contribution in [3.63, 3.8) is 0 Å². The Bertz CT molecular complexity index is 409. The van der Waals surface area contributed by atoms with Crippen molar-refractivity contribution in [3.8, 4) is 0 Å². The van der Waals surface area contributed by atoms with Crippen LogP contribution in [0, 0.1) is 5.92 Å². The van der Waals surface area contributed by atoms with Crippen molar-refractivity contribution in [2.24, 2.45) is 5.92 Å². The monoisotopic (exact) mass is 280 g/mol. The van der Waals surface area contributed by atoms with E-state index in [2.05, 4.69) is 0 Å². The lowest BCUT2D eigenvalue weighted by molar-refractivity contribution is -0.156. The third-order valence-corrected chi connectivity index (χ3v) is 3.45. The van der Waals surface area contributed by atoms with Gasteiger partial charge in [-0.2, -0.15) is 0 Å². The molecule has 1 aromatic carbocycles. The highest BCUT2D eigenvalue weighted by Gasteiger charge is 2.20. The molecule has 0 bridgehead atoms. The van der Waals surface area contributed by atoms with E-state index in [1.807, 2.05) is 51.1 Å². The number of carbonyl (C=O) groups excluding carboxylic acids is 2. The smallest absolute Gasteiger partial charge is 0.307 e. The van der Waals surface area contributed by atoms with Crippen LogP contribution in [0.1, 0.15) is 27.2 Å². The fourth-order valence-electron chi connectivity index (χ4n) is 1.46. The minimum atomic E-state index is -0.503. The van der Waals surface area contributed by atoms with E-state index in [4.69, 9.17) is 4.74 Å². The SMILES string of the molecule is CC(C)(C)OC(=O)C[C@H](C=O)CSc1ccccc1. The lowest BCUT2D eigenvalue weighted by Gasteiger charge is -2.20. The lowest BCUT2D eigenvalue weighted by atomic mass is 10.1. The van der Waals surface area contributed by atoms with Gasteiger partial charge in [-0.1, -0.05) is 18.2 Å². The quantitative estimate of drug-likeness (QED) is 0.455. The van der Waals surface area contributed by atoms with Gasteiger partial charge in [-0.05, 0) is 32.9 Å². The number of esters is 1. The average Bonchev–Trinajstić information content (AvgIpc) is 2.33. The van der Waals surface area contributed by atoms with Gasteiger partial charge in [0.2, 0.25) is 0 Å².